The number of amides is 3. The van der Waals surface area contributed by atoms with Crippen LogP contribution in [-0.4, -0.2) is 41.8 Å². The number of urea groups is 1. The molecule has 1 atom stereocenters. The molecule has 0 aliphatic heterocycles. The predicted octanol–water partition coefficient (Wildman–Crippen LogP) is -0.433. The zero-order valence-electron chi connectivity index (χ0n) is 9.08. The highest BCUT2D eigenvalue weighted by atomic mass is 19.4. The maximum Gasteiger partial charge on any atom is 0.390 e. The fourth-order valence-electron chi connectivity index (χ4n) is 0.928. The summed E-state index contributed by atoms with van der Waals surface area (Å²) in [5.41, 5.74) is 4.74. The molecule has 10 heteroatoms. The predicted molar refractivity (Wildman–Crippen MR) is 52.4 cm³/mol. The molecule has 0 saturated heterocycles. The zero-order chi connectivity index (χ0) is 14.3. The number of carbonyl (C=O) groups excluding carboxylic acids is 2. The van der Waals surface area contributed by atoms with Gasteiger partial charge in [-0.3, -0.25) is 4.79 Å². The van der Waals surface area contributed by atoms with Gasteiger partial charge in [-0.1, -0.05) is 0 Å². The van der Waals surface area contributed by atoms with Gasteiger partial charge in [0, 0.05) is 6.54 Å². The third-order valence-electron chi connectivity index (χ3n) is 1.70. The van der Waals surface area contributed by atoms with Gasteiger partial charge in [0.2, 0.25) is 5.91 Å². The Morgan fingerprint density at radius 3 is 2.22 bits per heavy atom. The molecule has 104 valence electrons. The summed E-state index contributed by atoms with van der Waals surface area (Å²) in [6.45, 7) is -0.696. The lowest BCUT2D eigenvalue weighted by molar-refractivity contribution is -0.141. The van der Waals surface area contributed by atoms with E-state index in [0.29, 0.717) is 0 Å². The van der Waals surface area contributed by atoms with Crippen LogP contribution in [-0.2, 0) is 9.59 Å². The van der Waals surface area contributed by atoms with E-state index < -0.39 is 49.5 Å². The van der Waals surface area contributed by atoms with Crippen molar-refractivity contribution in [2.45, 2.75) is 25.1 Å². The van der Waals surface area contributed by atoms with E-state index in [1.54, 1.807) is 0 Å². The molecule has 0 saturated carbocycles. The molecule has 0 aromatic carbocycles. The third kappa shape index (κ3) is 8.19. The molecule has 0 rings (SSSR count). The number of carbonyl (C=O) groups is 3. The van der Waals surface area contributed by atoms with Gasteiger partial charge in [0.05, 0.1) is 12.8 Å². The number of primary amides is 1. The van der Waals surface area contributed by atoms with Crippen LogP contribution in [0.1, 0.15) is 12.8 Å². The van der Waals surface area contributed by atoms with Crippen LogP contribution in [0.5, 0.6) is 0 Å². The first-order valence-corrected chi connectivity index (χ1v) is 4.74. The molecule has 18 heavy (non-hydrogen) atoms. The Hall–Kier alpha value is -2.00. The van der Waals surface area contributed by atoms with E-state index in [0.717, 1.165) is 0 Å². The number of alkyl halides is 3. The van der Waals surface area contributed by atoms with Crippen molar-refractivity contribution in [2.75, 3.05) is 6.54 Å². The van der Waals surface area contributed by atoms with Crippen LogP contribution >= 0.6 is 0 Å². The summed E-state index contributed by atoms with van der Waals surface area (Å²) < 4.78 is 35.2. The van der Waals surface area contributed by atoms with Gasteiger partial charge in [0.1, 0.15) is 6.04 Å². The van der Waals surface area contributed by atoms with Crippen molar-refractivity contribution in [3.8, 4) is 0 Å². The summed E-state index contributed by atoms with van der Waals surface area (Å²) in [4.78, 5) is 32.1. The zero-order valence-corrected chi connectivity index (χ0v) is 9.08. The minimum Gasteiger partial charge on any atom is -0.480 e. The number of rotatable bonds is 6. The quantitative estimate of drug-likeness (QED) is 0.523. The molecule has 0 heterocycles. The fourth-order valence-corrected chi connectivity index (χ4v) is 0.928. The van der Waals surface area contributed by atoms with Crippen LogP contribution < -0.4 is 16.4 Å². The van der Waals surface area contributed by atoms with Gasteiger partial charge >= 0.3 is 18.2 Å². The van der Waals surface area contributed by atoms with Crippen molar-refractivity contribution >= 4 is 17.9 Å². The maximum atomic E-state index is 11.7. The fraction of sp³-hybridized carbons (Fsp3) is 0.625. The van der Waals surface area contributed by atoms with Gasteiger partial charge < -0.3 is 21.5 Å². The van der Waals surface area contributed by atoms with Gasteiger partial charge in [-0.05, 0) is 0 Å². The van der Waals surface area contributed by atoms with Crippen molar-refractivity contribution < 1.29 is 32.7 Å². The first kappa shape index (κ1) is 16.0. The highest BCUT2D eigenvalue weighted by Crippen LogP contribution is 2.17. The second-order valence-corrected chi connectivity index (χ2v) is 3.33. The Labute approximate surface area is 99.5 Å². The molecule has 7 nitrogen and oxygen atoms in total. The molecule has 5 N–H and O–H groups in total. The van der Waals surface area contributed by atoms with Crippen molar-refractivity contribution in [3.05, 3.63) is 0 Å². The second kappa shape index (κ2) is 6.67. The lowest BCUT2D eigenvalue weighted by Gasteiger charge is -2.14. The molecule has 0 spiro atoms. The third-order valence-corrected chi connectivity index (χ3v) is 1.70. The number of nitrogens with one attached hydrogen (secondary N) is 2. The molecular weight excluding hydrogens is 259 g/mol. The number of aliphatic carboxylic acids is 1. The van der Waals surface area contributed by atoms with Crippen LogP contribution in [0.2, 0.25) is 0 Å². The van der Waals surface area contributed by atoms with E-state index in [-0.39, 0.29) is 0 Å². The minimum atomic E-state index is -4.42. The topological polar surface area (TPSA) is 122 Å². The number of hydrogen-bond donors (Lipinski definition) is 4. The van der Waals surface area contributed by atoms with Crippen LogP contribution in [0, 0.1) is 0 Å². The van der Waals surface area contributed by atoms with E-state index >= 15 is 0 Å². The Morgan fingerprint density at radius 1 is 1.28 bits per heavy atom. The second-order valence-electron chi connectivity index (χ2n) is 3.33. The molecule has 0 radical (unpaired) electrons. The van der Waals surface area contributed by atoms with E-state index in [1.807, 2.05) is 10.6 Å². The SMILES string of the molecule is NC(=O)C[C@@H](NC(=O)NCCC(F)(F)F)C(=O)O. The molecule has 0 aromatic heterocycles. The van der Waals surface area contributed by atoms with Crippen LogP contribution in [0.3, 0.4) is 0 Å². The summed E-state index contributed by atoms with van der Waals surface area (Å²) in [5, 5.41) is 12.2. The first-order chi connectivity index (χ1) is 8.11. The van der Waals surface area contributed by atoms with Gasteiger partial charge in [0.25, 0.3) is 0 Å². The average Bonchev–Trinajstić information content (AvgIpc) is 2.13. The van der Waals surface area contributed by atoms with Crippen molar-refractivity contribution in [1.82, 2.24) is 10.6 Å². The Kier molecular flexibility index (Phi) is 5.93. The van der Waals surface area contributed by atoms with Gasteiger partial charge in [-0.15, -0.1) is 0 Å². The Balaban J connectivity index is 4.11. The molecule has 0 unspecified atom stereocenters. The lowest BCUT2D eigenvalue weighted by Crippen LogP contribution is -2.48. The van der Waals surface area contributed by atoms with Crippen LogP contribution in [0.15, 0.2) is 0 Å². The van der Waals surface area contributed by atoms with Gasteiger partial charge in [0.15, 0.2) is 0 Å². The summed E-state index contributed by atoms with van der Waals surface area (Å²) in [6, 6.07) is -2.69. The van der Waals surface area contributed by atoms with Crippen LogP contribution in [0.4, 0.5) is 18.0 Å². The van der Waals surface area contributed by atoms with Crippen molar-refractivity contribution in [1.29, 1.82) is 0 Å². The number of carboxylic acids is 1. The standard InChI is InChI=1S/C8H12F3N3O4/c9-8(10,11)1-2-13-7(18)14-4(6(16)17)3-5(12)15/h4H,1-3H2,(H2,12,15)(H,16,17)(H2,13,14,18)/t4-/m1/s1. The largest absolute Gasteiger partial charge is 0.480 e. The highest BCUT2D eigenvalue weighted by Gasteiger charge is 2.27. The Morgan fingerprint density at radius 2 is 1.83 bits per heavy atom. The Bertz CT molecular complexity index is 332. The maximum absolute atomic E-state index is 11.7. The molecule has 3 amide bonds. The lowest BCUT2D eigenvalue weighted by atomic mass is 10.2. The smallest absolute Gasteiger partial charge is 0.390 e. The van der Waals surface area contributed by atoms with E-state index in [9.17, 15) is 27.6 Å². The van der Waals surface area contributed by atoms with Gasteiger partial charge in [-0.2, -0.15) is 13.2 Å². The number of carboxylic acid groups (broad SMARTS) is 1. The average molecular weight is 271 g/mol. The monoisotopic (exact) mass is 271 g/mol. The van der Waals surface area contributed by atoms with E-state index in [4.69, 9.17) is 10.8 Å². The van der Waals surface area contributed by atoms with E-state index in [1.165, 1.54) is 0 Å². The molecular formula is C8H12F3N3O4. The number of hydrogen-bond acceptors (Lipinski definition) is 3. The minimum absolute atomic E-state index is 0.651. The summed E-state index contributed by atoms with van der Waals surface area (Å²) in [6.07, 6.45) is -6.32. The molecule has 0 bridgehead atoms. The molecule has 0 aliphatic carbocycles. The van der Waals surface area contributed by atoms with E-state index in [2.05, 4.69) is 0 Å². The molecule has 0 fully saturated rings. The first-order valence-electron chi connectivity index (χ1n) is 4.74. The van der Waals surface area contributed by atoms with Crippen LogP contribution in [0.25, 0.3) is 0 Å². The summed E-state index contributed by atoms with van der Waals surface area (Å²) in [5.74, 6) is -2.47. The van der Waals surface area contributed by atoms with Gasteiger partial charge in [-0.25, -0.2) is 9.59 Å². The molecule has 0 aromatic rings. The number of halogens is 3. The summed E-state index contributed by atoms with van der Waals surface area (Å²) >= 11 is 0. The van der Waals surface area contributed by atoms with Crippen molar-refractivity contribution in [3.63, 3.8) is 0 Å². The highest BCUT2D eigenvalue weighted by molar-refractivity contribution is 5.87. The summed E-state index contributed by atoms with van der Waals surface area (Å²) in [7, 11) is 0. The molecule has 0 aliphatic rings. The van der Waals surface area contributed by atoms with Crippen molar-refractivity contribution in [2.24, 2.45) is 5.73 Å². The normalized spacial score (nSPS) is 12.6. The number of nitrogens with two attached hydrogens (primary N) is 1.